The summed E-state index contributed by atoms with van der Waals surface area (Å²) in [4.78, 5) is 15.9. The minimum Gasteiger partial charge on any atom is -0.395 e. The topological polar surface area (TPSA) is 62.2 Å². The Kier molecular flexibility index (Phi) is 5.02. The molecule has 0 atom stereocenters. The predicted molar refractivity (Wildman–Crippen MR) is 77.2 cm³/mol. The quantitative estimate of drug-likeness (QED) is 0.849. The molecule has 1 amide bonds. The molecule has 5 heteroatoms. The van der Waals surface area contributed by atoms with Crippen LogP contribution in [0, 0.1) is 17.7 Å². The Morgan fingerprint density at radius 1 is 1.29 bits per heavy atom. The van der Waals surface area contributed by atoms with Gasteiger partial charge >= 0.3 is 0 Å². The molecule has 0 saturated carbocycles. The molecule has 21 heavy (non-hydrogen) atoms. The van der Waals surface area contributed by atoms with Gasteiger partial charge < -0.3 is 10.4 Å². The van der Waals surface area contributed by atoms with Gasteiger partial charge in [-0.3, -0.25) is 9.78 Å². The number of halogens is 1. The van der Waals surface area contributed by atoms with Crippen LogP contribution in [0.2, 0.25) is 0 Å². The van der Waals surface area contributed by atoms with Gasteiger partial charge in [0.2, 0.25) is 0 Å². The molecule has 0 saturated heterocycles. The maximum atomic E-state index is 13.3. The molecule has 1 aromatic heterocycles. The van der Waals surface area contributed by atoms with Crippen LogP contribution < -0.4 is 5.32 Å². The van der Waals surface area contributed by atoms with Crippen molar-refractivity contribution in [3.05, 3.63) is 59.7 Å². The van der Waals surface area contributed by atoms with E-state index < -0.39 is 5.82 Å². The van der Waals surface area contributed by atoms with E-state index in [0.29, 0.717) is 16.8 Å². The third-order valence-electron chi connectivity index (χ3n) is 2.63. The third-order valence-corrected chi connectivity index (χ3v) is 2.63. The smallest absolute Gasteiger partial charge is 0.255 e. The Morgan fingerprint density at radius 2 is 2.05 bits per heavy atom. The molecule has 2 rings (SSSR count). The highest BCUT2D eigenvalue weighted by atomic mass is 19.1. The summed E-state index contributed by atoms with van der Waals surface area (Å²) in [7, 11) is 0. The Hall–Kier alpha value is -2.71. The fourth-order valence-corrected chi connectivity index (χ4v) is 1.64. The lowest BCUT2D eigenvalue weighted by atomic mass is 10.1. The van der Waals surface area contributed by atoms with E-state index in [2.05, 4.69) is 22.1 Å². The van der Waals surface area contributed by atoms with Gasteiger partial charge in [-0.1, -0.05) is 11.8 Å². The number of aliphatic hydroxyl groups excluding tert-OH is 1. The second kappa shape index (κ2) is 7.17. The molecule has 0 aliphatic rings. The number of hydrogen-bond acceptors (Lipinski definition) is 3. The number of carbonyl (C=O) groups is 1. The van der Waals surface area contributed by atoms with Gasteiger partial charge in [0.05, 0.1) is 17.9 Å². The fourth-order valence-electron chi connectivity index (χ4n) is 1.64. The van der Waals surface area contributed by atoms with Gasteiger partial charge in [-0.05, 0) is 30.3 Å². The Bertz CT molecular complexity index is 690. The van der Waals surface area contributed by atoms with Crippen molar-refractivity contribution in [3.63, 3.8) is 0 Å². The molecule has 0 aliphatic carbocycles. The van der Waals surface area contributed by atoms with Gasteiger partial charge in [0.1, 0.15) is 5.82 Å². The van der Waals surface area contributed by atoms with E-state index in [1.807, 2.05) is 0 Å². The summed E-state index contributed by atoms with van der Waals surface area (Å²) in [6.07, 6.45) is 3.32. The van der Waals surface area contributed by atoms with Crippen LogP contribution in [0.3, 0.4) is 0 Å². The van der Waals surface area contributed by atoms with E-state index in [1.165, 1.54) is 30.6 Å². The van der Waals surface area contributed by atoms with Crippen molar-refractivity contribution in [1.29, 1.82) is 0 Å². The lowest BCUT2D eigenvalue weighted by molar-refractivity contribution is 0.102. The predicted octanol–water partition coefficient (Wildman–Crippen LogP) is 2.21. The number of rotatable bonds is 3. The number of aromatic nitrogens is 1. The maximum Gasteiger partial charge on any atom is 0.255 e. The summed E-state index contributed by atoms with van der Waals surface area (Å²) in [5, 5.41) is 11.4. The fraction of sp³-hybridized carbons (Fsp3) is 0.125. The van der Waals surface area contributed by atoms with E-state index in [0.717, 1.165) is 0 Å². The van der Waals surface area contributed by atoms with Gasteiger partial charge in [0, 0.05) is 24.4 Å². The largest absolute Gasteiger partial charge is 0.395 e. The van der Waals surface area contributed by atoms with E-state index >= 15 is 0 Å². The minimum atomic E-state index is -0.440. The summed E-state index contributed by atoms with van der Waals surface area (Å²) in [5.74, 6) is 4.67. The number of amides is 1. The van der Waals surface area contributed by atoms with Crippen LogP contribution in [0.5, 0.6) is 0 Å². The Labute approximate surface area is 121 Å². The molecule has 4 nitrogen and oxygen atoms in total. The average Bonchev–Trinajstić information content (AvgIpc) is 2.51. The van der Waals surface area contributed by atoms with Crippen LogP contribution in [0.1, 0.15) is 22.3 Å². The first-order valence-electron chi connectivity index (χ1n) is 6.31. The summed E-state index contributed by atoms with van der Waals surface area (Å²) >= 11 is 0. The standard InChI is InChI=1S/C16H13FN2O2/c17-14-4-5-15(13(11-14)3-1-2-10-20)19-16(21)12-6-8-18-9-7-12/h4-9,11,20H,2,10H2,(H,19,21). The first kappa shape index (κ1) is 14.7. The van der Waals surface area contributed by atoms with Gasteiger partial charge in [-0.25, -0.2) is 4.39 Å². The summed E-state index contributed by atoms with van der Waals surface area (Å²) in [5.41, 5.74) is 1.23. The van der Waals surface area contributed by atoms with E-state index in [-0.39, 0.29) is 18.9 Å². The molecule has 0 unspecified atom stereocenters. The number of nitrogens with zero attached hydrogens (tertiary/aromatic N) is 1. The molecule has 0 bridgehead atoms. The number of benzene rings is 1. The molecular weight excluding hydrogens is 271 g/mol. The number of nitrogens with one attached hydrogen (secondary N) is 1. The molecule has 0 aliphatic heterocycles. The lowest BCUT2D eigenvalue weighted by Crippen LogP contribution is -2.13. The maximum absolute atomic E-state index is 13.3. The van der Waals surface area contributed by atoms with Crippen LogP contribution in [-0.4, -0.2) is 22.6 Å². The molecule has 2 aromatic rings. The highest BCUT2D eigenvalue weighted by molar-refractivity contribution is 6.04. The van der Waals surface area contributed by atoms with Crippen LogP contribution in [-0.2, 0) is 0 Å². The van der Waals surface area contributed by atoms with Crippen molar-refractivity contribution < 1.29 is 14.3 Å². The summed E-state index contributed by atoms with van der Waals surface area (Å²) < 4.78 is 13.3. The zero-order valence-corrected chi connectivity index (χ0v) is 11.1. The van der Waals surface area contributed by atoms with E-state index in [1.54, 1.807) is 12.1 Å². The number of carbonyl (C=O) groups excluding carboxylic acids is 1. The molecule has 2 N–H and O–H groups in total. The molecule has 1 aromatic carbocycles. The van der Waals surface area contributed by atoms with Crippen LogP contribution in [0.25, 0.3) is 0 Å². The molecule has 0 radical (unpaired) electrons. The molecule has 0 spiro atoms. The zero-order chi connectivity index (χ0) is 15.1. The molecule has 0 fully saturated rings. The normalized spacial score (nSPS) is 9.62. The molecular formula is C16H13FN2O2. The van der Waals surface area contributed by atoms with Crippen LogP contribution >= 0.6 is 0 Å². The summed E-state index contributed by atoms with van der Waals surface area (Å²) in [6.45, 7) is -0.0684. The van der Waals surface area contributed by atoms with E-state index in [9.17, 15) is 9.18 Å². The third kappa shape index (κ3) is 4.13. The Balaban J connectivity index is 2.24. The van der Waals surface area contributed by atoms with Crippen LogP contribution in [0.4, 0.5) is 10.1 Å². The number of anilines is 1. The number of aliphatic hydroxyl groups is 1. The minimum absolute atomic E-state index is 0.0684. The molecule has 1 heterocycles. The van der Waals surface area contributed by atoms with Gasteiger partial charge in [-0.2, -0.15) is 0 Å². The van der Waals surface area contributed by atoms with Crippen molar-refractivity contribution in [1.82, 2.24) is 4.98 Å². The van der Waals surface area contributed by atoms with Crippen molar-refractivity contribution >= 4 is 11.6 Å². The van der Waals surface area contributed by atoms with Gasteiger partial charge in [0.25, 0.3) is 5.91 Å². The Morgan fingerprint density at radius 3 is 2.76 bits per heavy atom. The van der Waals surface area contributed by atoms with Crippen molar-refractivity contribution in [2.75, 3.05) is 11.9 Å². The first-order chi connectivity index (χ1) is 10.2. The van der Waals surface area contributed by atoms with E-state index in [4.69, 9.17) is 5.11 Å². The highest BCUT2D eigenvalue weighted by Gasteiger charge is 2.08. The first-order valence-corrected chi connectivity index (χ1v) is 6.31. The van der Waals surface area contributed by atoms with Crippen molar-refractivity contribution in [2.24, 2.45) is 0 Å². The zero-order valence-electron chi connectivity index (χ0n) is 11.1. The van der Waals surface area contributed by atoms with Gasteiger partial charge in [0.15, 0.2) is 0 Å². The average molecular weight is 284 g/mol. The molecule has 106 valence electrons. The van der Waals surface area contributed by atoms with Crippen molar-refractivity contribution in [3.8, 4) is 11.8 Å². The van der Waals surface area contributed by atoms with Gasteiger partial charge in [-0.15, -0.1) is 0 Å². The second-order valence-corrected chi connectivity index (χ2v) is 4.16. The number of hydrogen-bond donors (Lipinski definition) is 2. The van der Waals surface area contributed by atoms with Crippen molar-refractivity contribution in [2.45, 2.75) is 6.42 Å². The van der Waals surface area contributed by atoms with Crippen LogP contribution in [0.15, 0.2) is 42.7 Å². The second-order valence-electron chi connectivity index (χ2n) is 4.16. The SMILES string of the molecule is O=C(Nc1ccc(F)cc1C#CCCO)c1ccncc1. The lowest BCUT2D eigenvalue weighted by Gasteiger charge is -2.07. The summed E-state index contributed by atoms with van der Waals surface area (Å²) in [6, 6.07) is 7.11. The highest BCUT2D eigenvalue weighted by Crippen LogP contribution is 2.17. The number of pyridine rings is 1. The monoisotopic (exact) mass is 284 g/mol.